The summed E-state index contributed by atoms with van der Waals surface area (Å²) in [6.45, 7) is 1.56. The van der Waals surface area contributed by atoms with Crippen LogP contribution in [-0.2, 0) is 9.53 Å². The highest BCUT2D eigenvalue weighted by Gasteiger charge is 2.13. The zero-order valence-electron chi connectivity index (χ0n) is 14.8. The largest absolute Gasteiger partial charge is 0.457 e. The molecule has 6 heteroatoms. The minimum absolute atomic E-state index is 0.120. The molecule has 3 rings (SSSR count). The minimum Gasteiger partial charge on any atom is -0.457 e. The Morgan fingerprint density at radius 1 is 0.963 bits per heavy atom. The second-order valence-corrected chi connectivity index (χ2v) is 6.80. The Balaban J connectivity index is 1.48. The number of nitrogens with one attached hydrogen (secondary N) is 1. The summed E-state index contributed by atoms with van der Waals surface area (Å²) in [6.07, 6.45) is 0. The van der Waals surface area contributed by atoms with E-state index in [1.54, 1.807) is 35.6 Å². The number of para-hydroxylation sites is 1. The maximum Gasteiger partial charge on any atom is 0.338 e. The number of ether oxygens (including phenoxy) is 2. The average molecular weight is 381 g/mol. The number of hydrogen-bond acceptors (Lipinski definition) is 5. The minimum atomic E-state index is -0.555. The highest BCUT2D eigenvalue weighted by molar-refractivity contribution is 7.10. The predicted molar refractivity (Wildman–Crippen MR) is 104 cm³/mol. The molecule has 27 heavy (non-hydrogen) atoms. The standard InChI is InChI=1S/C21H19NO4S/c1-15(19-8-5-13-27-19)22-20(23)14-25-21(24)16-9-11-18(12-10-16)26-17-6-3-2-4-7-17/h2-13,15H,14H2,1H3,(H,22,23)/t15-/m0/s1. The molecule has 0 aliphatic carbocycles. The Kier molecular flexibility index (Phi) is 6.22. The molecule has 5 nitrogen and oxygen atoms in total. The molecule has 1 aromatic heterocycles. The monoisotopic (exact) mass is 381 g/mol. The summed E-state index contributed by atoms with van der Waals surface area (Å²) in [5.41, 5.74) is 0.356. The molecular formula is C21H19NO4S. The van der Waals surface area contributed by atoms with Crippen molar-refractivity contribution in [3.05, 3.63) is 82.6 Å². The van der Waals surface area contributed by atoms with Crippen molar-refractivity contribution in [2.24, 2.45) is 0 Å². The zero-order valence-corrected chi connectivity index (χ0v) is 15.6. The quantitative estimate of drug-likeness (QED) is 0.609. The fourth-order valence-electron chi connectivity index (χ4n) is 2.39. The summed E-state index contributed by atoms with van der Waals surface area (Å²) in [4.78, 5) is 25.1. The Bertz CT molecular complexity index is 876. The van der Waals surface area contributed by atoms with Crippen LogP contribution in [0, 0.1) is 0 Å². The highest BCUT2D eigenvalue weighted by atomic mass is 32.1. The van der Waals surface area contributed by atoms with E-state index in [0.29, 0.717) is 17.1 Å². The van der Waals surface area contributed by atoms with Crippen molar-refractivity contribution in [2.45, 2.75) is 13.0 Å². The molecule has 1 atom stereocenters. The van der Waals surface area contributed by atoms with E-state index in [9.17, 15) is 9.59 Å². The topological polar surface area (TPSA) is 64.6 Å². The number of esters is 1. The van der Waals surface area contributed by atoms with Crippen molar-refractivity contribution in [3.63, 3.8) is 0 Å². The SMILES string of the molecule is C[C@H](NC(=O)COC(=O)c1ccc(Oc2ccccc2)cc1)c1cccs1. The predicted octanol–water partition coefficient (Wildman–Crippen LogP) is 4.57. The average Bonchev–Trinajstić information content (AvgIpc) is 3.22. The van der Waals surface area contributed by atoms with Crippen molar-refractivity contribution >= 4 is 23.2 Å². The fraction of sp³-hybridized carbons (Fsp3) is 0.143. The molecule has 2 aromatic carbocycles. The number of thiophene rings is 1. The van der Waals surface area contributed by atoms with Crippen molar-refractivity contribution < 1.29 is 19.1 Å². The van der Waals surface area contributed by atoms with Crippen molar-refractivity contribution in [1.29, 1.82) is 0 Å². The molecule has 1 N–H and O–H groups in total. The van der Waals surface area contributed by atoms with Gasteiger partial charge in [-0.1, -0.05) is 24.3 Å². The molecule has 0 saturated carbocycles. The first kappa shape index (κ1) is 18.7. The van der Waals surface area contributed by atoms with Gasteiger partial charge in [-0.05, 0) is 54.8 Å². The number of rotatable bonds is 7. The van der Waals surface area contributed by atoms with E-state index in [1.807, 2.05) is 54.8 Å². The Labute approximate surface area is 161 Å². The van der Waals surface area contributed by atoms with E-state index in [0.717, 1.165) is 4.88 Å². The first-order valence-electron chi connectivity index (χ1n) is 8.44. The number of benzene rings is 2. The molecule has 0 aliphatic rings. The third-order valence-electron chi connectivity index (χ3n) is 3.75. The highest BCUT2D eigenvalue weighted by Crippen LogP contribution is 2.21. The van der Waals surface area contributed by atoms with E-state index >= 15 is 0 Å². The van der Waals surface area contributed by atoms with Crippen LogP contribution in [0.4, 0.5) is 0 Å². The molecule has 0 spiro atoms. The van der Waals surface area contributed by atoms with Crippen LogP contribution in [0.25, 0.3) is 0 Å². The van der Waals surface area contributed by atoms with E-state index in [1.165, 1.54) is 0 Å². The summed E-state index contributed by atoms with van der Waals surface area (Å²) < 4.78 is 10.8. The summed E-state index contributed by atoms with van der Waals surface area (Å²) in [5.74, 6) is 0.429. The van der Waals surface area contributed by atoms with Gasteiger partial charge < -0.3 is 14.8 Å². The molecule has 0 fully saturated rings. The fourth-order valence-corrected chi connectivity index (χ4v) is 3.12. The molecule has 0 bridgehead atoms. The molecule has 138 valence electrons. The van der Waals surface area contributed by atoms with Crippen LogP contribution < -0.4 is 10.1 Å². The van der Waals surface area contributed by atoms with Crippen LogP contribution in [0.15, 0.2) is 72.1 Å². The molecule has 3 aromatic rings. The van der Waals surface area contributed by atoms with Crippen LogP contribution in [0.2, 0.25) is 0 Å². The van der Waals surface area contributed by atoms with Crippen LogP contribution in [0.5, 0.6) is 11.5 Å². The number of carbonyl (C=O) groups is 2. The molecule has 0 unspecified atom stereocenters. The van der Waals surface area contributed by atoms with Gasteiger partial charge in [-0.3, -0.25) is 4.79 Å². The van der Waals surface area contributed by atoms with Crippen LogP contribution in [-0.4, -0.2) is 18.5 Å². The zero-order chi connectivity index (χ0) is 19.1. The maximum atomic E-state index is 12.1. The van der Waals surface area contributed by atoms with Crippen LogP contribution in [0.3, 0.4) is 0 Å². The Hall–Kier alpha value is -3.12. The lowest BCUT2D eigenvalue weighted by Crippen LogP contribution is -2.30. The first-order chi connectivity index (χ1) is 13.1. The lowest BCUT2D eigenvalue weighted by molar-refractivity contribution is -0.124. The second-order valence-electron chi connectivity index (χ2n) is 5.82. The molecule has 1 amide bonds. The Morgan fingerprint density at radius 2 is 1.67 bits per heavy atom. The summed E-state index contributed by atoms with van der Waals surface area (Å²) in [7, 11) is 0. The maximum absolute atomic E-state index is 12.1. The third kappa shape index (κ3) is 5.43. The lowest BCUT2D eigenvalue weighted by Gasteiger charge is -2.12. The van der Waals surface area contributed by atoms with Gasteiger partial charge in [-0.25, -0.2) is 4.79 Å². The van der Waals surface area contributed by atoms with Gasteiger partial charge in [0.2, 0.25) is 0 Å². The van der Waals surface area contributed by atoms with E-state index in [2.05, 4.69) is 5.32 Å². The van der Waals surface area contributed by atoms with Crippen LogP contribution >= 0.6 is 11.3 Å². The van der Waals surface area contributed by atoms with Gasteiger partial charge in [0.1, 0.15) is 11.5 Å². The molecule has 1 heterocycles. The third-order valence-corrected chi connectivity index (χ3v) is 4.81. The number of amides is 1. The van der Waals surface area contributed by atoms with Gasteiger partial charge in [-0.15, -0.1) is 11.3 Å². The summed E-state index contributed by atoms with van der Waals surface area (Å²) >= 11 is 1.56. The molecule has 0 radical (unpaired) electrons. The van der Waals surface area contributed by atoms with Gasteiger partial charge in [0.25, 0.3) is 5.91 Å². The van der Waals surface area contributed by atoms with Crippen molar-refractivity contribution in [1.82, 2.24) is 5.32 Å². The lowest BCUT2D eigenvalue weighted by atomic mass is 10.2. The molecule has 0 aliphatic heterocycles. The summed E-state index contributed by atoms with van der Waals surface area (Å²) in [6, 6.07) is 19.7. The molecule has 0 saturated heterocycles. The summed E-state index contributed by atoms with van der Waals surface area (Å²) in [5, 5.41) is 4.75. The van der Waals surface area contributed by atoms with Crippen LogP contribution in [0.1, 0.15) is 28.2 Å². The van der Waals surface area contributed by atoms with E-state index in [-0.39, 0.29) is 18.6 Å². The number of carbonyl (C=O) groups excluding carboxylic acids is 2. The first-order valence-corrected chi connectivity index (χ1v) is 9.32. The van der Waals surface area contributed by atoms with Crippen molar-refractivity contribution in [3.8, 4) is 11.5 Å². The Morgan fingerprint density at radius 3 is 2.33 bits per heavy atom. The van der Waals surface area contributed by atoms with Gasteiger partial charge in [0.15, 0.2) is 6.61 Å². The van der Waals surface area contributed by atoms with E-state index in [4.69, 9.17) is 9.47 Å². The number of hydrogen-bond donors (Lipinski definition) is 1. The van der Waals surface area contributed by atoms with Gasteiger partial charge in [0.05, 0.1) is 11.6 Å². The smallest absolute Gasteiger partial charge is 0.338 e. The van der Waals surface area contributed by atoms with E-state index < -0.39 is 5.97 Å². The van der Waals surface area contributed by atoms with Gasteiger partial charge >= 0.3 is 5.97 Å². The second kappa shape index (κ2) is 9.00. The van der Waals surface area contributed by atoms with Crippen molar-refractivity contribution in [2.75, 3.05) is 6.61 Å². The van der Waals surface area contributed by atoms with Gasteiger partial charge in [-0.2, -0.15) is 0 Å². The molecular weight excluding hydrogens is 362 g/mol. The van der Waals surface area contributed by atoms with Gasteiger partial charge in [0, 0.05) is 4.88 Å². The normalized spacial score (nSPS) is 11.4.